The highest BCUT2D eigenvalue weighted by Crippen LogP contribution is 2.35. The number of pyridine rings is 1. The van der Waals surface area contributed by atoms with E-state index in [9.17, 15) is 18.7 Å². The number of fused-ring (bicyclic) bond motifs is 1. The summed E-state index contributed by atoms with van der Waals surface area (Å²) in [7, 11) is 1.55. The number of carbonyl (C=O) groups is 1. The maximum Gasteiger partial charge on any atom is 0.345 e. The fourth-order valence-electron chi connectivity index (χ4n) is 4.57. The van der Waals surface area contributed by atoms with Gasteiger partial charge in [0.15, 0.2) is 5.84 Å². The van der Waals surface area contributed by atoms with Gasteiger partial charge in [-0.1, -0.05) is 4.68 Å². The van der Waals surface area contributed by atoms with E-state index >= 15 is 0 Å². The van der Waals surface area contributed by atoms with Gasteiger partial charge in [0, 0.05) is 35.9 Å². The summed E-state index contributed by atoms with van der Waals surface area (Å²) < 4.78 is 30.9. The summed E-state index contributed by atoms with van der Waals surface area (Å²) in [5.74, 6) is 0.398. The van der Waals surface area contributed by atoms with Crippen molar-refractivity contribution in [1.82, 2.24) is 10.3 Å². The molecule has 0 radical (unpaired) electrons. The summed E-state index contributed by atoms with van der Waals surface area (Å²) in [4.78, 5) is 21.0. The molecule has 1 aromatic rings. The number of hydrazone groups is 1. The second-order valence-electron chi connectivity index (χ2n) is 8.46. The number of aliphatic hydroxyl groups excluding tert-OH is 1. The van der Waals surface area contributed by atoms with Crippen LogP contribution in [0, 0.1) is 12.8 Å². The van der Waals surface area contributed by atoms with E-state index in [-0.39, 0.29) is 37.0 Å². The maximum atomic E-state index is 12.4. The van der Waals surface area contributed by atoms with E-state index in [1.807, 2.05) is 17.7 Å². The highest BCUT2D eigenvalue weighted by atomic mass is 19.3. The van der Waals surface area contributed by atoms with Gasteiger partial charge in [-0.2, -0.15) is 8.78 Å². The molecule has 33 heavy (non-hydrogen) atoms. The van der Waals surface area contributed by atoms with Crippen LogP contribution >= 0.6 is 0 Å². The first-order chi connectivity index (χ1) is 15.9. The summed E-state index contributed by atoms with van der Waals surface area (Å²) >= 11 is 0. The Kier molecular flexibility index (Phi) is 7.04. The van der Waals surface area contributed by atoms with Crippen LogP contribution in [0.15, 0.2) is 33.9 Å². The molecule has 1 amide bonds. The van der Waals surface area contributed by atoms with Crippen LogP contribution in [-0.2, 0) is 4.74 Å². The highest BCUT2D eigenvalue weighted by Gasteiger charge is 2.42. The van der Waals surface area contributed by atoms with Crippen molar-refractivity contribution in [2.45, 2.75) is 57.8 Å². The van der Waals surface area contributed by atoms with E-state index in [4.69, 9.17) is 0 Å². The summed E-state index contributed by atoms with van der Waals surface area (Å²) in [6.07, 6.45) is 7.01. The molecule has 0 spiro atoms. The number of aliphatic hydroxyl groups is 1. The fourth-order valence-corrected chi connectivity index (χ4v) is 4.57. The molecule has 0 bridgehead atoms. The second kappa shape index (κ2) is 9.96. The molecular weight excluding hydrogens is 432 g/mol. The number of aliphatic imine (C=N–C) groups is 1. The molecule has 3 aliphatic rings. The van der Waals surface area contributed by atoms with Gasteiger partial charge in [-0.05, 0) is 50.7 Å². The zero-order valence-corrected chi connectivity index (χ0v) is 18.7. The van der Waals surface area contributed by atoms with Crippen molar-refractivity contribution in [3.8, 4) is 0 Å². The number of amides is 1. The SMILES string of the molecule is CNC(=O)c1cc(C2=[N+]3N=C(CCOC(F)F)N=CC3C(C3CCC(O)CC3)=C2)cc(C)n1. The van der Waals surface area contributed by atoms with Gasteiger partial charge >= 0.3 is 6.61 Å². The van der Waals surface area contributed by atoms with E-state index in [0.29, 0.717) is 17.2 Å². The molecule has 2 N–H and O–H groups in total. The number of nitrogens with zero attached hydrogens (tertiary/aromatic N) is 4. The number of amidine groups is 1. The third-order valence-corrected chi connectivity index (χ3v) is 6.19. The number of halogens is 2. The fraction of sp³-hybridized carbons (Fsp3) is 0.522. The Morgan fingerprint density at radius 1 is 1.30 bits per heavy atom. The van der Waals surface area contributed by atoms with E-state index in [0.717, 1.165) is 42.5 Å². The van der Waals surface area contributed by atoms with Crippen LogP contribution in [-0.4, -0.2) is 70.9 Å². The first kappa shape index (κ1) is 23.3. The Bertz CT molecular complexity index is 1040. The van der Waals surface area contributed by atoms with E-state index in [2.05, 4.69) is 31.2 Å². The minimum atomic E-state index is -2.84. The van der Waals surface area contributed by atoms with Crippen LogP contribution in [0.1, 0.15) is 53.8 Å². The van der Waals surface area contributed by atoms with Gasteiger partial charge in [0.05, 0.1) is 24.5 Å². The Morgan fingerprint density at radius 3 is 2.76 bits per heavy atom. The van der Waals surface area contributed by atoms with Crippen LogP contribution in [0.25, 0.3) is 0 Å². The van der Waals surface area contributed by atoms with Gasteiger partial charge in [0.1, 0.15) is 5.69 Å². The minimum Gasteiger partial charge on any atom is -0.393 e. The molecule has 3 heterocycles. The van der Waals surface area contributed by atoms with Gasteiger partial charge in [0.2, 0.25) is 11.8 Å². The number of carbonyl (C=O) groups excluding carboxylic acids is 1. The van der Waals surface area contributed by atoms with Crippen molar-refractivity contribution < 1.29 is 28.1 Å². The zero-order valence-electron chi connectivity index (χ0n) is 18.7. The molecule has 2 aliphatic heterocycles. The van der Waals surface area contributed by atoms with Crippen molar-refractivity contribution in [1.29, 1.82) is 0 Å². The average molecular weight is 461 g/mol. The lowest BCUT2D eigenvalue weighted by Crippen LogP contribution is -2.33. The van der Waals surface area contributed by atoms with E-state index in [1.54, 1.807) is 19.3 Å². The predicted molar refractivity (Wildman–Crippen MR) is 119 cm³/mol. The minimum absolute atomic E-state index is 0.154. The lowest BCUT2D eigenvalue weighted by molar-refractivity contribution is -0.541. The Balaban J connectivity index is 1.71. The zero-order chi connectivity index (χ0) is 23.5. The number of hydrogen-bond acceptors (Lipinski definition) is 6. The molecule has 0 saturated heterocycles. The van der Waals surface area contributed by atoms with Gasteiger partial charge in [-0.25, -0.2) is 9.98 Å². The molecule has 1 atom stereocenters. The van der Waals surface area contributed by atoms with E-state index < -0.39 is 6.61 Å². The highest BCUT2D eigenvalue weighted by molar-refractivity contribution is 6.10. The number of aryl methyl sites for hydroxylation is 1. The first-order valence-corrected chi connectivity index (χ1v) is 11.1. The summed E-state index contributed by atoms with van der Waals surface area (Å²) in [6.45, 7) is -1.19. The summed E-state index contributed by atoms with van der Waals surface area (Å²) in [5, 5.41) is 17.2. The average Bonchev–Trinajstić information content (AvgIpc) is 3.17. The molecular formula is C23H28F2N5O3+. The normalized spacial score (nSPS) is 24.6. The van der Waals surface area contributed by atoms with Crippen LogP contribution in [0.2, 0.25) is 0 Å². The lowest BCUT2D eigenvalue weighted by atomic mass is 9.80. The van der Waals surface area contributed by atoms with Gasteiger partial charge in [-0.3, -0.25) is 4.79 Å². The molecule has 176 valence electrons. The van der Waals surface area contributed by atoms with Gasteiger partial charge in [-0.15, -0.1) is 0 Å². The van der Waals surface area contributed by atoms with Crippen LogP contribution in [0.3, 0.4) is 0 Å². The van der Waals surface area contributed by atoms with Gasteiger partial charge in [0.25, 0.3) is 5.91 Å². The Morgan fingerprint density at radius 2 is 2.06 bits per heavy atom. The van der Waals surface area contributed by atoms with Crippen LogP contribution < -0.4 is 5.32 Å². The lowest BCUT2D eigenvalue weighted by Gasteiger charge is -2.27. The van der Waals surface area contributed by atoms with Crippen molar-refractivity contribution in [2.24, 2.45) is 16.0 Å². The number of alkyl halides is 2. The Labute approximate surface area is 190 Å². The number of allylic oxidation sites excluding steroid dienone is 1. The van der Waals surface area contributed by atoms with Crippen LogP contribution in [0.4, 0.5) is 8.78 Å². The van der Waals surface area contributed by atoms with Crippen molar-refractivity contribution in [3.05, 3.63) is 40.7 Å². The van der Waals surface area contributed by atoms with Crippen molar-refractivity contribution >= 4 is 23.7 Å². The van der Waals surface area contributed by atoms with Crippen molar-refractivity contribution in [2.75, 3.05) is 13.7 Å². The number of rotatable bonds is 7. The molecule has 4 rings (SSSR count). The summed E-state index contributed by atoms with van der Waals surface area (Å²) in [6, 6.07) is 3.42. The smallest absolute Gasteiger partial charge is 0.345 e. The number of aromatic nitrogens is 1. The molecule has 1 unspecified atom stereocenters. The predicted octanol–water partition coefficient (Wildman–Crippen LogP) is 2.44. The van der Waals surface area contributed by atoms with Gasteiger partial charge < -0.3 is 15.2 Å². The molecule has 8 nitrogen and oxygen atoms in total. The molecule has 10 heteroatoms. The third-order valence-electron chi connectivity index (χ3n) is 6.19. The topological polar surface area (TPSA) is 99.2 Å². The monoisotopic (exact) mass is 460 g/mol. The number of hydrogen-bond donors (Lipinski definition) is 2. The molecule has 1 saturated carbocycles. The Hall–Kier alpha value is -2.85. The number of nitrogens with one attached hydrogen (secondary N) is 1. The summed E-state index contributed by atoms with van der Waals surface area (Å²) in [5.41, 5.74) is 3.75. The number of ether oxygens (including phenoxy) is 1. The quantitative estimate of drug-likeness (QED) is 0.611. The first-order valence-electron chi connectivity index (χ1n) is 11.1. The molecule has 1 aliphatic carbocycles. The third kappa shape index (κ3) is 5.22. The second-order valence-corrected chi connectivity index (χ2v) is 8.46. The molecule has 1 fully saturated rings. The molecule has 0 aromatic carbocycles. The van der Waals surface area contributed by atoms with Crippen LogP contribution in [0.5, 0.6) is 0 Å². The van der Waals surface area contributed by atoms with Crippen molar-refractivity contribution in [3.63, 3.8) is 0 Å². The standard InChI is InChI=1S/C23H27F2N5O3/c1-13-9-15(10-18(28-13)22(32)26-2)19-11-17(14-3-5-16(31)6-4-14)20-12-27-21(29-30(19)20)7-8-33-23(24)25/h9-12,14,16,20,23,31H,3-8H2,1-2H3/p+1. The molecule has 1 aromatic heterocycles. The van der Waals surface area contributed by atoms with E-state index in [1.165, 1.54) is 0 Å². The maximum absolute atomic E-state index is 12.4. The largest absolute Gasteiger partial charge is 0.393 e.